The number of rotatable bonds is 7. The van der Waals surface area contributed by atoms with Gasteiger partial charge in [0, 0.05) is 44.3 Å². The van der Waals surface area contributed by atoms with Crippen molar-refractivity contribution in [1.29, 1.82) is 0 Å². The van der Waals surface area contributed by atoms with Crippen molar-refractivity contribution in [3.05, 3.63) is 71.4 Å². The number of hydrogen-bond acceptors (Lipinski definition) is 2. The number of aliphatic imine (C=N–C) groups is 1. The smallest absolute Gasteiger partial charge is 0.191 e. The number of hydrogen-bond donors (Lipinski definition) is 3. The number of ether oxygens (including phenoxy) is 1. The first-order chi connectivity index (χ1) is 13.6. The fourth-order valence-corrected chi connectivity index (χ4v) is 3.10. The molecule has 3 aromatic rings. The molecule has 3 N–H and O–H groups in total. The Kier molecular flexibility index (Phi) is 8.84. The maximum absolute atomic E-state index is 13.5. The zero-order valence-corrected chi connectivity index (χ0v) is 18.7. The van der Waals surface area contributed by atoms with Crippen LogP contribution in [0.1, 0.15) is 17.2 Å². The van der Waals surface area contributed by atoms with Crippen LogP contribution < -0.4 is 10.6 Å². The molecule has 0 fully saturated rings. The number of benzene rings is 2. The highest BCUT2D eigenvalue weighted by Gasteiger charge is 2.11. The largest absolute Gasteiger partial charge is 0.375 e. The van der Waals surface area contributed by atoms with Crippen molar-refractivity contribution in [1.82, 2.24) is 15.6 Å². The summed E-state index contributed by atoms with van der Waals surface area (Å²) in [7, 11) is 3.30. The summed E-state index contributed by atoms with van der Waals surface area (Å²) in [4.78, 5) is 7.36. The summed E-state index contributed by atoms with van der Waals surface area (Å²) < 4.78 is 32.1. The molecule has 1 atom stereocenters. The first-order valence-electron chi connectivity index (χ1n) is 9.09. The van der Waals surface area contributed by atoms with Crippen molar-refractivity contribution in [2.75, 3.05) is 27.2 Å². The van der Waals surface area contributed by atoms with Gasteiger partial charge in [-0.15, -0.1) is 24.0 Å². The van der Waals surface area contributed by atoms with Crippen LogP contribution in [0.4, 0.5) is 8.78 Å². The van der Waals surface area contributed by atoms with Crippen molar-refractivity contribution in [3.8, 4) is 0 Å². The zero-order chi connectivity index (χ0) is 19.9. The lowest BCUT2D eigenvalue weighted by Gasteiger charge is -2.18. The summed E-state index contributed by atoms with van der Waals surface area (Å²) in [5, 5.41) is 7.34. The number of aromatic amines is 1. The molecular formula is C21H25F2IN4O. The lowest BCUT2D eigenvalue weighted by atomic mass is 10.1. The first kappa shape index (κ1) is 23.1. The van der Waals surface area contributed by atoms with Crippen LogP contribution in [-0.2, 0) is 11.2 Å². The van der Waals surface area contributed by atoms with E-state index in [9.17, 15) is 8.78 Å². The summed E-state index contributed by atoms with van der Waals surface area (Å²) in [5.74, 6) is 0.113. The Bertz CT molecular complexity index is 944. The monoisotopic (exact) mass is 514 g/mol. The van der Waals surface area contributed by atoms with Gasteiger partial charge in [-0.05, 0) is 47.9 Å². The van der Waals surface area contributed by atoms with E-state index in [4.69, 9.17) is 4.74 Å². The van der Waals surface area contributed by atoms with Gasteiger partial charge in [-0.25, -0.2) is 8.78 Å². The van der Waals surface area contributed by atoms with Crippen LogP contribution >= 0.6 is 24.0 Å². The second-order valence-corrected chi connectivity index (χ2v) is 6.41. The summed E-state index contributed by atoms with van der Waals surface area (Å²) in [6.45, 7) is 1.12. The fourth-order valence-electron chi connectivity index (χ4n) is 3.10. The molecule has 1 heterocycles. The van der Waals surface area contributed by atoms with Crippen LogP contribution in [0.15, 0.2) is 53.7 Å². The molecule has 0 saturated heterocycles. The molecule has 0 aliphatic carbocycles. The number of fused-ring (bicyclic) bond motifs is 1. The highest BCUT2D eigenvalue weighted by Crippen LogP contribution is 2.19. The van der Waals surface area contributed by atoms with E-state index >= 15 is 0 Å². The van der Waals surface area contributed by atoms with Gasteiger partial charge in [-0.1, -0.05) is 12.1 Å². The SMILES string of the molecule is CN=C(NCCc1c[nH]c2ccc(F)cc12)NCC(OC)c1ccc(F)cc1.I. The third kappa shape index (κ3) is 6.14. The quantitative estimate of drug-likeness (QED) is 0.252. The van der Waals surface area contributed by atoms with E-state index in [-0.39, 0.29) is 41.7 Å². The molecule has 0 bridgehead atoms. The molecule has 2 aromatic carbocycles. The average molecular weight is 514 g/mol. The summed E-state index contributed by atoms with van der Waals surface area (Å²) >= 11 is 0. The lowest BCUT2D eigenvalue weighted by molar-refractivity contribution is 0.106. The number of methoxy groups -OCH3 is 1. The average Bonchev–Trinajstić information content (AvgIpc) is 3.10. The van der Waals surface area contributed by atoms with E-state index in [1.54, 1.807) is 38.4 Å². The molecule has 1 unspecified atom stereocenters. The Morgan fingerprint density at radius 1 is 1.10 bits per heavy atom. The van der Waals surface area contributed by atoms with Crippen molar-refractivity contribution in [2.45, 2.75) is 12.5 Å². The highest BCUT2D eigenvalue weighted by molar-refractivity contribution is 14.0. The van der Waals surface area contributed by atoms with Crippen LogP contribution in [0, 0.1) is 11.6 Å². The molecule has 0 saturated carbocycles. The van der Waals surface area contributed by atoms with Crippen molar-refractivity contribution in [3.63, 3.8) is 0 Å². The molecule has 0 aliphatic heterocycles. The molecule has 29 heavy (non-hydrogen) atoms. The second kappa shape index (κ2) is 11.1. The Hall–Kier alpha value is -2.20. The second-order valence-electron chi connectivity index (χ2n) is 6.41. The van der Waals surface area contributed by atoms with Gasteiger partial charge < -0.3 is 20.4 Å². The zero-order valence-electron chi connectivity index (χ0n) is 16.3. The number of guanidine groups is 1. The van der Waals surface area contributed by atoms with Crippen LogP contribution in [0.5, 0.6) is 0 Å². The highest BCUT2D eigenvalue weighted by atomic mass is 127. The normalized spacial score (nSPS) is 12.5. The fraction of sp³-hybridized carbons (Fsp3) is 0.286. The van der Waals surface area contributed by atoms with E-state index < -0.39 is 0 Å². The van der Waals surface area contributed by atoms with E-state index in [0.717, 1.165) is 28.5 Å². The van der Waals surface area contributed by atoms with E-state index in [1.165, 1.54) is 18.2 Å². The van der Waals surface area contributed by atoms with Crippen molar-refractivity contribution in [2.24, 2.45) is 4.99 Å². The minimum absolute atomic E-state index is 0. The standard InChI is InChI=1S/C21H24F2N4O.HI/c1-24-21(27-13-20(28-2)14-3-5-16(22)6-4-14)25-10-9-15-12-26-19-8-7-17(23)11-18(15)19;/h3-8,11-12,20,26H,9-10,13H2,1-2H3,(H2,24,25,27);1H. The molecular weight excluding hydrogens is 489 g/mol. The Labute approximate surface area is 186 Å². The van der Waals surface area contributed by atoms with Gasteiger partial charge in [0.15, 0.2) is 5.96 Å². The number of H-pyrrole nitrogens is 1. The van der Waals surface area contributed by atoms with Crippen LogP contribution in [0.3, 0.4) is 0 Å². The maximum atomic E-state index is 13.5. The van der Waals surface area contributed by atoms with E-state index in [1.807, 2.05) is 6.20 Å². The molecule has 156 valence electrons. The number of nitrogens with one attached hydrogen (secondary N) is 3. The third-order valence-corrected chi connectivity index (χ3v) is 4.62. The molecule has 0 spiro atoms. The van der Waals surface area contributed by atoms with Crippen molar-refractivity contribution >= 4 is 40.8 Å². The maximum Gasteiger partial charge on any atom is 0.191 e. The van der Waals surface area contributed by atoms with Gasteiger partial charge in [0.2, 0.25) is 0 Å². The van der Waals surface area contributed by atoms with Gasteiger partial charge in [-0.3, -0.25) is 4.99 Å². The van der Waals surface area contributed by atoms with E-state index in [0.29, 0.717) is 19.0 Å². The molecule has 8 heteroatoms. The van der Waals surface area contributed by atoms with E-state index in [2.05, 4.69) is 20.6 Å². The number of aromatic nitrogens is 1. The minimum atomic E-state index is -0.277. The van der Waals surface area contributed by atoms with Gasteiger partial charge >= 0.3 is 0 Å². The topological polar surface area (TPSA) is 61.4 Å². The minimum Gasteiger partial charge on any atom is -0.375 e. The third-order valence-electron chi connectivity index (χ3n) is 4.62. The molecule has 5 nitrogen and oxygen atoms in total. The molecule has 1 aromatic heterocycles. The molecule has 0 radical (unpaired) electrons. The van der Waals surface area contributed by atoms with Crippen LogP contribution in [-0.4, -0.2) is 38.2 Å². The van der Waals surface area contributed by atoms with Gasteiger partial charge in [0.25, 0.3) is 0 Å². The Morgan fingerprint density at radius 2 is 1.83 bits per heavy atom. The van der Waals surface area contributed by atoms with Crippen LogP contribution in [0.2, 0.25) is 0 Å². The Morgan fingerprint density at radius 3 is 2.52 bits per heavy atom. The molecule has 0 amide bonds. The summed E-state index contributed by atoms with van der Waals surface area (Å²) in [6.07, 6.45) is 2.39. The van der Waals surface area contributed by atoms with Crippen molar-refractivity contribution < 1.29 is 13.5 Å². The van der Waals surface area contributed by atoms with Gasteiger partial charge in [0.05, 0.1) is 6.10 Å². The van der Waals surface area contributed by atoms with Crippen LogP contribution in [0.25, 0.3) is 10.9 Å². The summed E-state index contributed by atoms with van der Waals surface area (Å²) in [6, 6.07) is 11.0. The predicted octanol–water partition coefficient (Wildman–Crippen LogP) is 4.16. The first-order valence-corrected chi connectivity index (χ1v) is 9.09. The molecule has 0 aliphatic rings. The lowest BCUT2D eigenvalue weighted by Crippen LogP contribution is -2.40. The van der Waals surface area contributed by atoms with Gasteiger partial charge in [0.1, 0.15) is 11.6 Å². The Balaban J connectivity index is 0.00000300. The van der Waals surface area contributed by atoms with Gasteiger partial charge in [-0.2, -0.15) is 0 Å². The number of halogens is 3. The number of nitrogens with zero attached hydrogens (tertiary/aromatic N) is 1. The summed E-state index contributed by atoms with van der Waals surface area (Å²) in [5.41, 5.74) is 2.84. The predicted molar refractivity (Wildman–Crippen MR) is 123 cm³/mol. The molecule has 3 rings (SSSR count).